The summed E-state index contributed by atoms with van der Waals surface area (Å²) in [6.07, 6.45) is 1.44. The van der Waals surface area contributed by atoms with Crippen molar-refractivity contribution in [3.05, 3.63) is 64.7 Å². The standard InChI is InChI=1S/C22H25ClN2O4S/c1-3-29-22(26)18-5-4-14-25(15-18)21(17-8-10-19(23)11-9-17)24-30(27,28)20-12-6-16(2)7-13-20/h6-13,18H,3-5,14-15H2,1-2H3. The van der Waals surface area contributed by atoms with Crippen LogP contribution in [0.25, 0.3) is 0 Å². The predicted octanol–water partition coefficient (Wildman–Crippen LogP) is 4.06. The second-order valence-electron chi connectivity index (χ2n) is 7.25. The molecule has 0 saturated carbocycles. The van der Waals surface area contributed by atoms with Crippen LogP contribution >= 0.6 is 11.6 Å². The molecule has 1 heterocycles. The summed E-state index contributed by atoms with van der Waals surface area (Å²) in [5.41, 5.74) is 1.59. The van der Waals surface area contributed by atoms with Crippen molar-refractivity contribution in [1.82, 2.24) is 4.90 Å². The highest BCUT2D eigenvalue weighted by atomic mass is 35.5. The number of rotatable bonds is 5. The quantitative estimate of drug-likeness (QED) is 0.391. The molecule has 0 bridgehead atoms. The molecule has 0 radical (unpaired) electrons. The van der Waals surface area contributed by atoms with Gasteiger partial charge in [0, 0.05) is 23.7 Å². The molecule has 1 aliphatic rings. The highest BCUT2D eigenvalue weighted by molar-refractivity contribution is 7.90. The molecule has 1 saturated heterocycles. The summed E-state index contributed by atoms with van der Waals surface area (Å²) in [5.74, 6) is -0.279. The maximum atomic E-state index is 13.0. The lowest BCUT2D eigenvalue weighted by molar-refractivity contribution is -0.149. The molecule has 0 N–H and O–H groups in total. The Bertz CT molecular complexity index is 1020. The van der Waals surface area contributed by atoms with Crippen molar-refractivity contribution >= 4 is 33.4 Å². The van der Waals surface area contributed by atoms with E-state index in [0.29, 0.717) is 42.5 Å². The Labute approximate surface area is 182 Å². The summed E-state index contributed by atoms with van der Waals surface area (Å²) in [5, 5.41) is 0.544. The zero-order valence-corrected chi connectivity index (χ0v) is 18.6. The number of likely N-dealkylation sites (tertiary alicyclic amines) is 1. The van der Waals surface area contributed by atoms with Gasteiger partial charge < -0.3 is 9.64 Å². The highest BCUT2D eigenvalue weighted by Gasteiger charge is 2.30. The molecule has 3 rings (SSSR count). The number of piperidine rings is 1. The third-order valence-corrected chi connectivity index (χ3v) is 6.50. The summed E-state index contributed by atoms with van der Waals surface area (Å²) < 4.78 is 35.4. The fraction of sp³-hybridized carbons (Fsp3) is 0.364. The van der Waals surface area contributed by atoms with Gasteiger partial charge in [-0.15, -0.1) is 4.40 Å². The smallest absolute Gasteiger partial charge is 0.310 e. The molecule has 0 aromatic heterocycles. The van der Waals surface area contributed by atoms with E-state index in [9.17, 15) is 13.2 Å². The Balaban J connectivity index is 2.00. The van der Waals surface area contributed by atoms with Crippen LogP contribution in [0.15, 0.2) is 57.8 Å². The van der Waals surface area contributed by atoms with Gasteiger partial charge in [0.1, 0.15) is 5.84 Å². The minimum absolute atomic E-state index is 0.124. The Morgan fingerprint density at radius 1 is 1.17 bits per heavy atom. The second-order valence-corrected chi connectivity index (χ2v) is 9.29. The number of sulfonamides is 1. The van der Waals surface area contributed by atoms with Crippen LogP contribution in [-0.2, 0) is 19.6 Å². The average molecular weight is 449 g/mol. The fourth-order valence-electron chi connectivity index (χ4n) is 3.39. The van der Waals surface area contributed by atoms with E-state index >= 15 is 0 Å². The first-order valence-corrected chi connectivity index (χ1v) is 11.7. The first kappa shape index (κ1) is 22.3. The minimum atomic E-state index is -3.93. The maximum absolute atomic E-state index is 13.0. The summed E-state index contributed by atoms with van der Waals surface area (Å²) >= 11 is 6.01. The molecule has 0 spiro atoms. The predicted molar refractivity (Wildman–Crippen MR) is 117 cm³/mol. The molecule has 0 amide bonds. The maximum Gasteiger partial charge on any atom is 0.310 e. The van der Waals surface area contributed by atoms with Crippen molar-refractivity contribution in [2.75, 3.05) is 19.7 Å². The normalized spacial score (nSPS) is 17.6. The van der Waals surface area contributed by atoms with Crippen molar-refractivity contribution in [2.45, 2.75) is 31.6 Å². The van der Waals surface area contributed by atoms with E-state index in [4.69, 9.17) is 16.3 Å². The fourth-order valence-corrected chi connectivity index (χ4v) is 4.55. The Hall–Kier alpha value is -2.38. The average Bonchev–Trinajstić information content (AvgIpc) is 2.73. The minimum Gasteiger partial charge on any atom is -0.466 e. The van der Waals surface area contributed by atoms with Crippen molar-refractivity contribution < 1.29 is 17.9 Å². The number of hydrogen-bond donors (Lipinski definition) is 0. The number of aryl methyl sites for hydroxylation is 1. The third kappa shape index (κ3) is 5.40. The van der Waals surface area contributed by atoms with Crippen molar-refractivity contribution in [2.24, 2.45) is 10.3 Å². The molecule has 6 nitrogen and oxygen atoms in total. The zero-order valence-electron chi connectivity index (χ0n) is 17.0. The van der Waals surface area contributed by atoms with Gasteiger partial charge in [0.2, 0.25) is 0 Å². The van der Waals surface area contributed by atoms with Gasteiger partial charge in [0.15, 0.2) is 0 Å². The lowest BCUT2D eigenvalue weighted by atomic mass is 9.97. The summed E-state index contributed by atoms with van der Waals surface area (Å²) in [6, 6.07) is 13.4. The first-order valence-electron chi connectivity index (χ1n) is 9.89. The molecular weight excluding hydrogens is 424 g/mol. The molecule has 30 heavy (non-hydrogen) atoms. The number of nitrogens with zero attached hydrogens (tertiary/aromatic N) is 2. The molecule has 1 aliphatic heterocycles. The van der Waals surface area contributed by atoms with Crippen LogP contribution in [0.2, 0.25) is 5.02 Å². The molecule has 1 atom stereocenters. The lowest BCUT2D eigenvalue weighted by Gasteiger charge is -2.33. The highest BCUT2D eigenvalue weighted by Crippen LogP contribution is 2.23. The van der Waals surface area contributed by atoms with Crippen LogP contribution in [0.4, 0.5) is 0 Å². The Kier molecular flexibility index (Phi) is 7.15. The van der Waals surface area contributed by atoms with Gasteiger partial charge in [-0.3, -0.25) is 4.79 Å². The SMILES string of the molecule is CCOC(=O)C1CCCN(C(=NS(=O)(=O)c2ccc(C)cc2)c2ccc(Cl)cc2)C1. The molecule has 1 fully saturated rings. The number of carbonyl (C=O) groups is 1. The largest absolute Gasteiger partial charge is 0.466 e. The number of esters is 1. The van der Waals surface area contributed by atoms with Crippen molar-refractivity contribution in [3.63, 3.8) is 0 Å². The van der Waals surface area contributed by atoms with E-state index in [1.54, 1.807) is 55.5 Å². The van der Waals surface area contributed by atoms with Gasteiger partial charge in [0.25, 0.3) is 10.0 Å². The zero-order chi connectivity index (χ0) is 21.7. The molecular formula is C22H25ClN2O4S. The van der Waals surface area contributed by atoms with E-state index < -0.39 is 10.0 Å². The van der Waals surface area contributed by atoms with Gasteiger partial charge in [-0.05, 0) is 63.1 Å². The topological polar surface area (TPSA) is 76.0 Å². The van der Waals surface area contributed by atoms with Crippen LogP contribution in [0.3, 0.4) is 0 Å². The van der Waals surface area contributed by atoms with Gasteiger partial charge in [-0.1, -0.05) is 29.3 Å². The van der Waals surface area contributed by atoms with Crippen LogP contribution < -0.4 is 0 Å². The van der Waals surface area contributed by atoms with Gasteiger partial charge in [-0.2, -0.15) is 8.42 Å². The number of halogens is 1. The van der Waals surface area contributed by atoms with Gasteiger partial charge in [0.05, 0.1) is 17.4 Å². The summed E-state index contributed by atoms with van der Waals surface area (Å²) in [7, 11) is -3.93. The summed E-state index contributed by atoms with van der Waals surface area (Å²) in [4.78, 5) is 14.2. The number of hydrogen-bond acceptors (Lipinski definition) is 4. The van der Waals surface area contributed by atoms with Crippen molar-refractivity contribution in [1.29, 1.82) is 0 Å². The van der Waals surface area contributed by atoms with Crippen LogP contribution in [0.5, 0.6) is 0 Å². The molecule has 160 valence electrons. The number of benzene rings is 2. The Morgan fingerprint density at radius 2 is 1.83 bits per heavy atom. The second kappa shape index (κ2) is 9.62. The summed E-state index contributed by atoms with van der Waals surface area (Å²) in [6.45, 7) is 4.93. The van der Waals surface area contributed by atoms with Crippen molar-refractivity contribution in [3.8, 4) is 0 Å². The third-order valence-electron chi connectivity index (χ3n) is 4.97. The number of carbonyl (C=O) groups excluding carboxylic acids is 1. The molecule has 1 unspecified atom stereocenters. The molecule has 2 aromatic rings. The molecule has 0 aliphatic carbocycles. The van der Waals surface area contributed by atoms with E-state index in [2.05, 4.69) is 4.40 Å². The van der Waals surface area contributed by atoms with E-state index in [-0.39, 0.29) is 16.8 Å². The van der Waals surface area contributed by atoms with Crippen LogP contribution in [-0.4, -0.2) is 44.8 Å². The monoisotopic (exact) mass is 448 g/mol. The van der Waals surface area contributed by atoms with Crippen LogP contribution in [0.1, 0.15) is 30.9 Å². The van der Waals surface area contributed by atoms with Crippen LogP contribution in [0, 0.1) is 12.8 Å². The van der Waals surface area contributed by atoms with E-state index in [0.717, 1.165) is 12.0 Å². The number of amidine groups is 1. The van der Waals surface area contributed by atoms with Gasteiger partial charge in [-0.25, -0.2) is 0 Å². The van der Waals surface area contributed by atoms with E-state index in [1.165, 1.54) is 0 Å². The van der Waals surface area contributed by atoms with Gasteiger partial charge >= 0.3 is 5.97 Å². The first-order chi connectivity index (χ1) is 14.3. The molecule has 8 heteroatoms. The van der Waals surface area contributed by atoms with E-state index in [1.807, 2.05) is 11.8 Å². The Morgan fingerprint density at radius 3 is 2.47 bits per heavy atom. The number of ether oxygens (including phenoxy) is 1. The lowest BCUT2D eigenvalue weighted by Crippen LogP contribution is -2.43. The molecule has 2 aromatic carbocycles.